The van der Waals surface area contributed by atoms with Gasteiger partial charge in [-0.25, -0.2) is 0 Å². The summed E-state index contributed by atoms with van der Waals surface area (Å²) in [5.41, 5.74) is 4.81. The quantitative estimate of drug-likeness (QED) is 0.517. The molecule has 0 spiro atoms. The van der Waals surface area contributed by atoms with E-state index in [0.717, 1.165) is 22.7 Å². The fourth-order valence-corrected chi connectivity index (χ4v) is 2.16. The van der Waals surface area contributed by atoms with E-state index in [1.54, 1.807) is 13.3 Å². The van der Waals surface area contributed by atoms with Gasteiger partial charge >= 0.3 is 0 Å². The zero-order valence-corrected chi connectivity index (χ0v) is 13.3. The summed E-state index contributed by atoms with van der Waals surface area (Å²) in [5.74, 6) is 2.19. The van der Waals surface area contributed by atoms with Gasteiger partial charge < -0.3 is 9.47 Å². The number of nitrogens with one attached hydrogen (secondary N) is 1. The molecule has 0 amide bonds. The van der Waals surface area contributed by atoms with Gasteiger partial charge in [0.15, 0.2) is 0 Å². The molecule has 4 heteroatoms. The van der Waals surface area contributed by atoms with Crippen LogP contribution in [0.1, 0.15) is 5.56 Å². The molecule has 0 saturated carbocycles. The highest BCUT2D eigenvalue weighted by Gasteiger charge is 2.03. The molecule has 3 aromatic carbocycles. The van der Waals surface area contributed by atoms with Gasteiger partial charge in [-0.3, -0.25) is 5.43 Å². The van der Waals surface area contributed by atoms with Crippen LogP contribution in [-0.2, 0) is 0 Å². The number of methoxy groups -OCH3 is 1. The van der Waals surface area contributed by atoms with Crippen molar-refractivity contribution in [2.45, 2.75) is 0 Å². The lowest BCUT2D eigenvalue weighted by atomic mass is 10.2. The van der Waals surface area contributed by atoms with E-state index in [1.807, 2.05) is 78.9 Å². The first-order chi connectivity index (χ1) is 11.8. The van der Waals surface area contributed by atoms with E-state index in [0.29, 0.717) is 5.75 Å². The van der Waals surface area contributed by atoms with Crippen molar-refractivity contribution in [3.05, 3.63) is 84.4 Å². The number of rotatable bonds is 6. The third-order valence-corrected chi connectivity index (χ3v) is 3.36. The van der Waals surface area contributed by atoms with Crippen LogP contribution >= 0.6 is 0 Å². The van der Waals surface area contributed by atoms with Crippen LogP contribution in [-0.4, -0.2) is 13.3 Å². The van der Waals surface area contributed by atoms with Gasteiger partial charge in [-0.05, 0) is 36.4 Å². The Balaban J connectivity index is 1.75. The molecule has 120 valence electrons. The van der Waals surface area contributed by atoms with Crippen LogP contribution in [0.4, 0.5) is 5.69 Å². The number of hydrazone groups is 1. The second-order valence-electron chi connectivity index (χ2n) is 5.05. The van der Waals surface area contributed by atoms with Gasteiger partial charge in [0.2, 0.25) is 0 Å². The van der Waals surface area contributed by atoms with Gasteiger partial charge in [-0.2, -0.15) is 5.10 Å². The molecule has 1 N–H and O–H groups in total. The molecule has 0 bridgehead atoms. The molecule has 3 aromatic rings. The Morgan fingerprint density at radius 2 is 1.58 bits per heavy atom. The van der Waals surface area contributed by atoms with E-state index in [-0.39, 0.29) is 0 Å². The van der Waals surface area contributed by atoms with E-state index in [1.165, 1.54) is 0 Å². The molecule has 24 heavy (non-hydrogen) atoms. The Bertz CT molecular complexity index is 817. The lowest BCUT2D eigenvalue weighted by Gasteiger charge is -2.09. The van der Waals surface area contributed by atoms with E-state index >= 15 is 0 Å². The van der Waals surface area contributed by atoms with Crippen LogP contribution in [0.5, 0.6) is 17.2 Å². The van der Waals surface area contributed by atoms with Gasteiger partial charge in [-0.1, -0.05) is 36.4 Å². The topological polar surface area (TPSA) is 42.9 Å². The number of para-hydroxylation sites is 2. The van der Waals surface area contributed by atoms with Gasteiger partial charge in [0.25, 0.3) is 0 Å². The van der Waals surface area contributed by atoms with Crippen LogP contribution in [0, 0.1) is 0 Å². The molecule has 4 nitrogen and oxygen atoms in total. The van der Waals surface area contributed by atoms with Crippen LogP contribution in [0.25, 0.3) is 0 Å². The van der Waals surface area contributed by atoms with Gasteiger partial charge in [0.05, 0.1) is 19.0 Å². The number of hydrogen-bond acceptors (Lipinski definition) is 4. The minimum absolute atomic E-state index is 0.714. The number of ether oxygens (including phenoxy) is 2. The average Bonchev–Trinajstić information content (AvgIpc) is 2.64. The van der Waals surface area contributed by atoms with Crippen LogP contribution in [0.15, 0.2) is 84.0 Å². The van der Waals surface area contributed by atoms with Crippen molar-refractivity contribution in [2.24, 2.45) is 5.10 Å². The van der Waals surface area contributed by atoms with Crippen molar-refractivity contribution in [3.8, 4) is 17.2 Å². The summed E-state index contributed by atoms with van der Waals surface area (Å²) in [6.07, 6.45) is 1.74. The molecule has 0 aliphatic carbocycles. The normalized spacial score (nSPS) is 10.5. The SMILES string of the molecule is COc1cccc(Oc2ccccc2C=NNc2ccccc2)c1. The first-order valence-electron chi connectivity index (χ1n) is 7.60. The first-order valence-corrected chi connectivity index (χ1v) is 7.60. The van der Waals surface area contributed by atoms with E-state index < -0.39 is 0 Å². The Morgan fingerprint density at radius 1 is 0.833 bits per heavy atom. The summed E-state index contributed by atoms with van der Waals surface area (Å²) in [7, 11) is 1.63. The number of anilines is 1. The molecule has 0 fully saturated rings. The van der Waals surface area contributed by atoms with E-state index in [2.05, 4.69) is 10.5 Å². The van der Waals surface area contributed by atoms with Crippen LogP contribution in [0.2, 0.25) is 0 Å². The summed E-state index contributed by atoms with van der Waals surface area (Å²) in [4.78, 5) is 0. The second kappa shape index (κ2) is 7.83. The highest BCUT2D eigenvalue weighted by molar-refractivity contribution is 5.84. The third-order valence-electron chi connectivity index (χ3n) is 3.36. The van der Waals surface area contributed by atoms with E-state index in [4.69, 9.17) is 9.47 Å². The Labute approximate surface area is 141 Å². The van der Waals surface area contributed by atoms with Crippen molar-refractivity contribution < 1.29 is 9.47 Å². The monoisotopic (exact) mass is 318 g/mol. The van der Waals surface area contributed by atoms with Gasteiger partial charge in [0, 0.05) is 11.6 Å². The summed E-state index contributed by atoms with van der Waals surface area (Å²) >= 11 is 0. The fraction of sp³-hybridized carbons (Fsp3) is 0.0500. The smallest absolute Gasteiger partial charge is 0.136 e. The maximum atomic E-state index is 5.96. The number of benzene rings is 3. The molecular weight excluding hydrogens is 300 g/mol. The molecule has 0 atom stereocenters. The Hall–Kier alpha value is -3.27. The zero-order valence-electron chi connectivity index (χ0n) is 13.3. The van der Waals surface area contributed by atoms with Crippen molar-refractivity contribution in [1.82, 2.24) is 0 Å². The third kappa shape index (κ3) is 4.14. The largest absolute Gasteiger partial charge is 0.497 e. The molecular formula is C20H18N2O2. The number of nitrogens with zero attached hydrogens (tertiary/aromatic N) is 1. The van der Waals surface area contributed by atoms with Crippen molar-refractivity contribution in [1.29, 1.82) is 0 Å². The predicted molar refractivity (Wildman–Crippen MR) is 97.2 cm³/mol. The van der Waals surface area contributed by atoms with Crippen molar-refractivity contribution >= 4 is 11.9 Å². The average molecular weight is 318 g/mol. The lowest BCUT2D eigenvalue weighted by molar-refractivity contribution is 0.409. The minimum Gasteiger partial charge on any atom is -0.497 e. The van der Waals surface area contributed by atoms with Crippen LogP contribution < -0.4 is 14.9 Å². The molecule has 3 rings (SSSR count). The summed E-state index contributed by atoms with van der Waals surface area (Å²) in [6.45, 7) is 0. The molecule has 0 aliphatic heterocycles. The zero-order chi connectivity index (χ0) is 16.6. The lowest BCUT2D eigenvalue weighted by Crippen LogP contribution is -1.94. The van der Waals surface area contributed by atoms with E-state index in [9.17, 15) is 0 Å². The minimum atomic E-state index is 0.714. The van der Waals surface area contributed by atoms with Crippen molar-refractivity contribution in [3.63, 3.8) is 0 Å². The number of hydrogen-bond donors (Lipinski definition) is 1. The van der Waals surface area contributed by atoms with Gasteiger partial charge in [-0.15, -0.1) is 0 Å². The molecule has 0 unspecified atom stereocenters. The standard InChI is InChI=1S/C20H18N2O2/c1-23-18-11-7-12-19(14-18)24-20-13-6-5-8-16(20)15-21-22-17-9-3-2-4-10-17/h2-15,22H,1H3. The molecule has 0 aliphatic rings. The first kappa shape index (κ1) is 15.6. The van der Waals surface area contributed by atoms with Crippen molar-refractivity contribution in [2.75, 3.05) is 12.5 Å². The molecule has 0 radical (unpaired) electrons. The fourth-order valence-electron chi connectivity index (χ4n) is 2.16. The summed E-state index contributed by atoms with van der Waals surface area (Å²) in [5, 5.41) is 4.27. The molecule has 0 aromatic heterocycles. The summed E-state index contributed by atoms with van der Waals surface area (Å²) < 4.78 is 11.2. The Kier molecular flexibility index (Phi) is 5.10. The van der Waals surface area contributed by atoms with Gasteiger partial charge in [0.1, 0.15) is 17.2 Å². The maximum absolute atomic E-state index is 5.96. The highest BCUT2D eigenvalue weighted by Crippen LogP contribution is 2.27. The predicted octanol–water partition coefficient (Wildman–Crippen LogP) is 4.93. The summed E-state index contributed by atoms with van der Waals surface area (Å²) in [6, 6.07) is 25.0. The molecule has 0 saturated heterocycles. The second-order valence-corrected chi connectivity index (χ2v) is 5.05. The molecule has 0 heterocycles. The Morgan fingerprint density at radius 3 is 2.42 bits per heavy atom. The maximum Gasteiger partial charge on any atom is 0.136 e. The van der Waals surface area contributed by atoms with Crippen LogP contribution in [0.3, 0.4) is 0 Å². The highest BCUT2D eigenvalue weighted by atomic mass is 16.5.